The molecule has 3 rings (SSSR count). The molecule has 3 aromatic rings. The Morgan fingerprint density at radius 2 is 2.10 bits per heavy atom. The fourth-order valence-electron chi connectivity index (χ4n) is 2.20. The molecule has 0 aliphatic carbocycles. The minimum absolute atomic E-state index is 0.367. The van der Waals surface area contributed by atoms with Crippen LogP contribution in [0.1, 0.15) is 10.4 Å². The van der Waals surface area contributed by atoms with Crippen LogP contribution in [0.5, 0.6) is 0 Å². The number of pyridine rings is 1. The van der Waals surface area contributed by atoms with Crippen molar-refractivity contribution in [1.29, 1.82) is 0 Å². The van der Waals surface area contributed by atoms with Gasteiger partial charge in [-0.15, -0.1) is 11.3 Å². The van der Waals surface area contributed by atoms with Crippen molar-refractivity contribution < 1.29 is 0 Å². The van der Waals surface area contributed by atoms with E-state index in [4.69, 9.17) is 18.0 Å². The van der Waals surface area contributed by atoms with E-state index in [-0.39, 0.29) is 0 Å². The van der Waals surface area contributed by atoms with Gasteiger partial charge in [-0.2, -0.15) is 0 Å². The monoisotopic (exact) mass is 313 g/mol. The van der Waals surface area contributed by atoms with Gasteiger partial charge in [-0.3, -0.25) is 0 Å². The highest BCUT2D eigenvalue weighted by atomic mass is 32.1. The van der Waals surface area contributed by atoms with E-state index in [0.29, 0.717) is 4.99 Å². The van der Waals surface area contributed by atoms with Crippen LogP contribution in [-0.2, 0) is 6.42 Å². The fraction of sp³-hybridized carbons (Fsp3) is 0.125. The molecule has 2 aromatic heterocycles. The van der Waals surface area contributed by atoms with Gasteiger partial charge in [0.1, 0.15) is 10.8 Å². The van der Waals surface area contributed by atoms with Crippen LogP contribution in [-0.4, -0.2) is 16.5 Å². The molecule has 0 aliphatic heterocycles. The van der Waals surface area contributed by atoms with E-state index in [1.807, 2.05) is 30.3 Å². The van der Waals surface area contributed by atoms with E-state index in [1.165, 1.54) is 4.88 Å². The first-order valence-electron chi connectivity index (χ1n) is 6.70. The lowest BCUT2D eigenvalue weighted by atomic mass is 10.1. The summed E-state index contributed by atoms with van der Waals surface area (Å²) in [5.74, 6) is 0.762. The van der Waals surface area contributed by atoms with Crippen molar-refractivity contribution in [3.63, 3.8) is 0 Å². The largest absolute Gasteiger partial charge is 0.389 e. The molecule has 106 valence electrons. The van der Waals surface area contributed by atoms with Gasteiger partial charge in [0.2, 0.25) is 0 Å². The van der Waals surface area contributed by atoms with Crippen molar-refractivity contribution in [3.8, 4) is 0 Å². The van der Waals surface area contributed by atoms with Gasteiger partial charge < -0.3 is 11.1 Å². The highest BCUT2D eigenvalue weighted by Crippen LogP contribution is 2.20. The number of thiophene rings is 1. The summed E-state index contributed by atoms with van der Waals surface area (Å²) in [6, 6.07) is 14.2. The summed E-state index contributed by atoms with van der Waals surface area (Å²) < 4.78 is 0. The Bertz CT molecular complexity index is 766. The SMILES string of the molecule is NC(=S)c1cc2ccccc2nc1NCCc1cccs1. The standard InChI is InChI=1S/C16H15N3S2/c17-15(20)13-10-11-4-1-2-6-14(11)19-16(13)18-8-7-12-5-3-9-21-12/h1-6,9-10H,7-8H2,(H2,17,20)(H,18,19). The van der Waals surface area contributed by atoms with E-state index >= 15 is 0 Å². The second-order valence-electron chi connectivity index (χ2n) is 4.70. The lowest BCUT2D eigenvalue weighted by molar-refractivity contribution is 1.03. The summed E-state index contributed by atoms with van der Waals surface area (Å²) in [5.41, 5.74) is 7.57. The summed E-state index contributed by atoms with van der Waals surface area (Å²) in [6.45, 7) is 0.807. The molecular formula is C16H15N3S2. The topological polar surface area (TPSA) is 50.9 Å². The molecule has 0 bridgehead atoms. The van der Waals surface area contributed by atoms with Crippen molar-refractivity contribution in [3.05, 3.63) is 58.3 Å². The normalized spacial score (nSPS) is 10.7. The maximum atomic E-state index is 5.83. The number of thiocarbonyl (C=S) groups is 1. The predicted molar refractivity (Wildman–Crippen MR) is 94.1 cm³/mol. The molecule has 21 heavy (non-hydrogen) atoms. The number of nitrogens with zero attached hydrogens (tertiary/aromatic N) is 1. The smallest absolute Gasteiger partial charge is 0.136 e. The van der Waals surface area contributed by atoms with Crippen LogP contribution < -0.4 is 11.1 Å². The first-order chi connectivity index (χ1) is 10.2. The van der Waals surface area contributed by atoms with E-state index in [0.717, 1.165) is 35.2 Å². The van der Waals surface area contributed by atoms with Gasteiger partial charge >= 0.3 is 0 Å². The third kappa shape index (κ3) is 3.20. The summed E-state index contributed by atoms with van der Waals surface area (Å²) in [5, 5.41) is 6.49. The number of fused-ring (bicyclic) bond motifs is 1. The molecule has 0 unspecified atom stereocenters. The number of nitrogens with one attached hydrogen (secondary N) is 1. The van der Waals surface area contributed by atoms with Gasteiger partial charge in [0.05, 0.1) is 11.1 Å². The molecule has 5 heteroatoms. The Hall–Kier alpha value is -1.98. The van der Waals surface area contributed by atoms with Crippen molar-refractivity contribution in [2.45, 2.75) is 6.42 Å². The third-order valence-electron chi connectivity index (χ3n) is 3.23. The Kier molecular flexibility index (Phi) is 4.13. The molecule has 3 nitrogen and oxygen atoms in total. The van der Waals surface area contributed by atoms with Gasteiger partial charge in [-0.25, -0.2) is 4.98 Å². The summed E-state index contributed by atoms with van der Waals surface area (Å²) in [6.07, 6.45) is 0.961. The van der Waals surface area contributed by atoms with Gasteiger partial charge in [0, 0.05) is 16.8 Å². The maximum Gasteiger partial charge on any atom is 0.136 e. The molecule has 2 heterocycles. The lowest BCUT2D eigenvalue weighted by Crippen LogP contribution is -2.15. The second kappa shape index (κ2) is 6.20. The van der Waals surface area contributed by atoms with Gasteiger partial charge in [-0.05, 0) is 30.0 Å². The molecular weight excluding hydrogens is 298 g/mol. The molecule has 0 spiro atoms. The molecule has 1 aromatic carbocycles. The van der Waals surface area contributed by atoms with Gasteiger partial charge in [-0.1, -0.05) is 36.5 Å². The molecule has 3 N–H and O–H groups in total. The third-order valence-corrected chi connectivity index (χ3v) is 4.39. The van der Waals surface area contributed by atoms with Crippen molar-refractivity contribution in [2.24, 2.45) is 5.73 Å². The molecule has 0 aliphatic rings. The number of hydrogen-bond donors (Lipinski definition) is 2. The van der Waals surface area contributed by atoms with Crippen LogP contribution >= 0.6 is 23.6 Å². The van der Waals surface area contributed by atoms with Crippen LogP contribution in [0.15, 0.2) is 47.8 Å². The Balaban J connectivity index is 1.85. The Labute approximate surface area is 132 Å². The number of rotatable bonds is 5. The quantitative estimate of drug-likeness (QED) is 0.707. The number of hydrogen-bond acceptors (Lipinski definition) is 4. The van der Waals surface area contributed by atoms with Crippen LogP contribution in [0.3, 0.4) is 0 Å². The van der Waals surface area contributed by atoms with Crippen LogP contribution in [0.4, 0.5) is 5.82 Å². The molecule has 0 amide bonds. The van der Waals surface area contributed by atoms with Gasteiger partial charge in [0.25, 0.3) is 0 Å². The lowest BCUT2D eigenvalue weighted by Gasteiger charge is -2.11. The van der Waals surface area contributed by atoms with Crippen molar-refractivity contribution >= 4 is 45.3 Å². The predicted octanol–water partition coefficient (Wildman–Crippen LogP) is 3.59. The summed E-state index contributed by atoms with van der Waals surface area (Å²) in [7, 11) is 0. The Morgan fingerprint density at radius 1 is 1.24 bits per heavy atom. The van der Waals surface area contributed by atoms with Crippen LogP contribution in [0, 0.1) is 0 Å². The zero-order valence-electron chi connectivity index (χ0n) is 11.4. The zero-order valence-corrected chi connectivity index (χ0v) is 13.0. The van der Waals surface area contributed by atoms with Crippen molar-refractivity contribution in [2.75, 3.05) is 11.9 Å². The van der Waals surface area contributed by atoms with E-state index in [9.17, 15) is 0 Å². The molecule has 0 radical (unpaired) electrons. The van der Waals surface area contributed by atoms with E-state index < -0.39 is 0 Å². The van der Waals surface area contributed by atoms with Gasteiger partial charge in [0.15, 0.2) is 0 Å². The highest BCUT2D eigenvalue weighted by Gasteiger charge is 2.09. The van der Waals surface area contributed by atoms with E-state index in [2.05, 4.69) is 27.8 Å². The number of aromatic nitrogens is 1. The number of benzene rings is 1. The average Bonchev–Trinajstić information content (AvgIpc) is 2.99. The fourth-order valence-corrected chi connectivity index (χ4v) is 3.06. The Morgan fingerprint density at radius 3 is 2.86 bits per heavy atom. The average molecular weight is 313 g/mol. The van der Waals surface area contributed by atoms with Crippen LogP contribution in [0.25, 0.3) is 10.9 Å². The highest BCUT2D eigenvalue weighted by molar-refractivity contribution is 7.80. The van der Waals surface area contributed by atoms with Crippen molar-refractivity contribution in [1.82, 2.24) is 4.98 Å². The number of nitrogens with two attached hydrogens (primary N) is 1. The first-order valence-corrected chi connectivity index (χ1v) is 7.98. The maximum absolute atomic E-state index is 5.83. The molecule has 0 atom stereocenters. The van der Waals surface area contributed by atoms with Crippen LogP contribution in [0.2, 0.25) is 0 Å². The molecule has 0 saturated carbocycles. The van der Waals surface area contributed by atoms with E-state index in [1.54, 1.807) is 11.3 Å². The minimum Gasteiger partial charge on any atom is -0.389 e. The minimum atomic E-state index is 0.367. The first kappa shape index (κ1) is 14.0. The number of anilines is 1. The zero-order chi connectivity index (χ0) is 14.7. The number of para-hydroxylation sites is 1. The summed E-state index contributed by atoms with van der Waals surface area (Å²) >= 11 is 6.90. The molecule has 0 saturated heterocycles. The molecule has 0 fully saturated rings. The second-order valence-corrected chi connectivity index (χ2v) is 6.17. The summed E-state index contributed by atoms with van der Waals surface area (Å²) in [4.78, 5) is 6.35.